The Morgan fingerprint density at radius 1 is 0.862 bits per heavy atom. The summed E-state index contributed by atoms with van der Waals surface area (Å²) in [6.07, 6.45) is 15.4. The first-order chi connectivity index (χ1) is 14.2. The van der Waals surface area contributed by atoms with Crippen molar-refractivity contribution in [3.05, 3.63) is 29.3 Å². The van der Waals surface area contributed by atoms with Crippen LogP contribution < -0.4 is 4.74 Å². The van der Waals surface area contributed by atoms with Gasteiger partial charge in [-0.25, -0.2) is 4.39 Å². The van der Waals surface area contributed by atoms with Gasteiger partial charge in [0.05, 0.1) is 12.2 Å². The summed E-state index contributed by atoms with van der Waals surface area (Å²) in [5, 5.41) is 0. The first-order valence-electron chi connectivity index (χ1n) is 11.8. The number of ether oxygens (including phenoxy) is 1. The van der Waals surface area contributed by atoms with Gasteiger partial charge in [0.25, 0.3) is 0 Å². The number of benzene rings is 1. The molecule has 1 aliphatic carbocycles. The highest BCUT2D eigenvalue weighted by atomic mass is 19.2. The Morgan fingerprint density at radius 2 is 1.55 bits per heavy atom. The van der Waals surface area contributed by atoms with Crippen molar-refractivity contribution in [2.45, 2.75) is 97.3 Å². The highest BCUT2D eigenvalue weighted by molar-refractivity contribution is 5.41. The average molecular weight is 405 g/mol. The smallest absolute Gasteiger partial charge is 0.201 e. The van der Waals surface area contributed by atoms with Gasteiger partial charge in [-0.1, -0.05) is 77.1 Å². The van der Waals surface area contributed by atoms with E-state index in [1.54, 1.807) is 6.07 Å². The molecule has 0 atom stereocenters. The third-order valence-corrected chi connectivity index (χ3v) is 6.03. The Labute approximate surface area is 176 Å². The van der Waals surface area contributed by atoms with Crippen molar-refractivity contribution in [2.24, 2.45) is 11.8 Å². The predicted molar refractivity (Wildman–Crippen MR) is 117 cm³/mol. The molecule has 29 heavy (non-hydrogen) atoms. The number of rotatable bonds is 11. The molecule has 1 nitrogen and oxygen atoms in total. The van der Waals surface area contributed by atoms with Crippen LogP contribution in [0.15, 0.2) is 12.1 Å². The molecule has 1 fully saturated rings. The first-order valence-corrected chi connectivity index (χ1v) is 11.8. The maximum atomic E-state index is 14.4. The van der Waals surface area contributed by atoms with Crippen LogP contribution in [0.2, 0.25) is 0 Å². The summed E-state index contributed by atoms with van der Waals surface area (Å²) in [6, 6.07) is 3.06. The Kier molecular flexibility index (Phi) is 11.1. The molecular weight excluding hydrogens is 366 g/mol. The molecule has 0 N–H and O–H groups in total. The maximum absolute atomic E-state index is 14.4. The summed E-state index contributed by atoms with van der Waals surface area (Å²) in [5.41, 5.74) is 0.141. The van der Waals surface area contributed by atoms with E-state index in [9.17, 15) is 8.78 Å². The third-order valence-electron chi connectivity index (χ3n) is 6.03. The van der Waals surface area contributed by atoms with E-state index in [1.807, 2.05) is 0 Å². The lowest BCUT2D eigenvalue weighted by atomic mass is 9.80. The standard InChI is InChI=1S/C26H38F2O/c1-3-5-7-9-11-21-12-14-22(15-13-21)16-17-23-18-19-24(26(28)25(23)27)29-20-10-8-6-4-2/h18-19,21-22H,3-15,20H2,1-2H3. The second-order valence-electron chi connectivity index (χ2n) is 8.48. The molecule has 0 bridgehead atoms. The van der Waals surface area contributed by atoms with Crippen molar-refractivity contribution in [3.8, 4) is 17.6 Å². The lowest BCUT2D eigenvalue weighted by molar-refractivity contribution is 0.285. The van der Waals surface area contributed by atoms with Crippen LogP contribution in [0.4, 0.5) is 8.78 Å². The lowest BCUT2D eigenvalue weighted by Crippen LogP contribution is -2.13. The highest BCUT2D eigenvalue weighted by Gasteiger charge is 2.20. The van der Waals surface area contributed by atoms with Crippen molar-refractivity contribution in [1.82, 2.24) is 0 Å². The van der Waals surface area contributed by atoms with E-state index >= 15 is 0 Å². The van der Waals surface area contributed by atoms with Crippen molar-refractivity contribution in [2.75, 3.05) is 6.61 Å². The van der Waals surface area contributed by atoms with E-state index in [-0.39, 0.29) is 11.3 Å². The molecule has 1 aromatic rings. The van der Waals surface area contributed by atoms with Crippen LogP contribution in [-0.4, -0.2) is 6.61 Å². The Balaban J connectivity index is 1.81. The van der Waals surface area contributed by atoms with Crippen molar-refractivity contribution in [3.63, 3.8) is 0 Å². The first kappa shape index (κ1) is 23.7. The maximum Gasteiger partial charge on any atom is 0.201 e. The van der Waals surface area contributed by atoms with Crippen LogP contribution in [-0.2, 0) is 0 Å². The number of hydrogen-bond acceptors (Lipinski definition) is 1. The molecule has 1 saturated carbocycles. The SMILES string of the molecule is CCCCCCOc1ccc(C#CC2CCC(CCCCCC)CC2)c(F)c1F. The zero-order valence-corrected chi connectivity index (χ0v) is 18.4. The molecule has 0 aliphatic heterocycles. The van der Waals surface area contributed by atoms with Gasteiger partial charge in [0.2, 0.25) is 5.82 Å². The van der Waals surface area contributed by atoms with Gasteiger partial charge in [0.15, 0.2) is 11.6 Å². The Bertz CT molecular complexity index is 651. The summed E-state index contributed by atoms with van der Waals surface area (Å²) in [4.78, 5) is 0. The molecule has 0 unspecified atom stereocenters. The average Bonchev–Trinajstić information content (AvgIpc) is 2.74. The summed E-state index contributed by atoms with van der Waals surface area (Å²) in [6.45, 7) is 4.80. The molecule has 0 radical (unpaired) electrons. The molecule has 1 aliphatic rings. The fraction of sp³-hybridized carbons (Fsp3) is 0.692. The minimum absolute atomic E-state index is 0.00636. The molecule has 0 heterocycles. The van der Waals surface area contributed by atoms with Crippen LogP contribution in [0.5, 0.6) is 5.75 Å². The van der Waals surface area contributed by atoms with E-state index in [2.05, 4.69) is 25.7 Å². The predicted octanol–water partition coefficient (Wildman–Crippen LogP) is 8.05. The van der Waals surface area contributed by atoms with Crippen LogP contribution in [0.1, 0.15) is 103 Å². The second-order valence-corrected chi connectivity index (χ2v) is 8.48. The molecule has 162 valence electrons. The van der Waals surface area contributed by atoms with Gasteiger partial charge < -0.3 is 4.74 Å². The van der Waals surface area contributed by atoms with Gasteiger partial charge in [-0.15, -0.1) is 0 Å². The van der Waals surface area contributed by atoms with E-state index < -0.39 is 11.6 Å². The zero-order chi connectivity index (χ0) is 20.9. The van der Waals surface area contributed by atoms with Crippen LogP contribution in [0, 0.1) is 35.3 Å². The van der Waals surface area contributed by atoms with Gasteiger partial charge in [-0.3, -0.25) is 0 Å². The Hall–Kier alpha value is -1.56. The Morgan fingerprint density at radius 3 is 2.24 bits per heavy atom. The highest BCUT2D eigenvalue weighted by Crippen LogP contribution is 2.32. The van der Waals surface area contributed by atoms with Gasteiger partial charge in [-0.2, -0.15) is 4.39 Å². The minimum atomic E-state index is -0.914. The monoisotopic (exact) mass is 404 g/mol. The number of hydrogen-bond donors (Lipinski definition) is 0. The normalized spacial score (nSPS) is 18.9. The summed E-state index contributed by atoms with van der Waals surface area (Å²) in [7, 11) is 0. The molecule has 1 aromatic carbocycles. The van der Waals surface area contributed by atoms with Crippen LogP contribution >= 0.6 is 0 Å². The lowest BCUT2D eigenvalue weighted by Gasteiger charge is -2.25. The molecule has 3 heteroatoms. The van der Waals surface area contributed by atoms with E-state index in [0.29, 0.717) is 12.5 Å². The molecule has 2 rings (SSSR count). The van der Waals surface area contributed by atoms with E-state index in [4.69, 9.17) is 4.74 Å². The topological polar surface area (TPSA) is 9.23 Å². The van der Waals surface area contributed by atoms with Crippen molar-refractivity contribution >= 4 is 0 Å². The fourth-order valence-electron chi connectivity index (χ4n) is 4.09. The summed E-state index contributed by atoms with van der Waals surface area (Å²) < 4.78 is 34.0. The zero-order valence-electron chi connectivity index (χ0n) is 18.4. The van der Waals surface area contributed by atoms with Gasteiger partial charge >= 0.3 is 0 Å². The molecule has 0 saturated heterocycles. The molecule has 0 aromatic heterocycles. The van der Waals surface area contributed by atoms with Crippen LogP contribution in [0.25, 0.3) is 0 Å². The van der Waals surface area contributed by atoms with Gasteiger partial charge in [0.1, 0.15) is 0 Å². The number of halogens is 2. The van der Waals surface area contributed by atoms with Crippen LogP contribution in [0.3, 0.4) is 0 Å². The quantitative estimate of drug-likeness (QED) is 0.268. The largest absolute Gasteiger partial charge is 0.490 e. The van der Waals surface area contributed by atoms with Gasteiger partial charge in [0, 0.05) is 5.92 Å². The molecular formula is C26H38F2O. The molecule has 0 amide bonds. The number of unbranched alkanes of at least 4 members (excludes halogenated alkanes) is 6. The second kappa shape index (κ2) is 13.6. The third kappa shape index (κ3) is 8.37. The van der Waals surface area contributed by atoms with Crippen molar-refractivity contribution in [1.29, 1.82) is 0 Å². The van der Waals surface area contributed by atoms with Crippen molar-refractivity contribution < 1.29 is 13.5 Å². The van der Waals surface area contributed by atoms with Gasteiger partial charge in [-0.05, 0) is 50.2 Å². The fourth-order valence-corrected chi connectivity index (χ4v) is 4.09. The minimum Gasteiger partial charge on any atom is -0.490 e. The molecule has 0 spiro atoms. The van der Waals surface area contributed by atoms with E-state index in [1.165, 1.54) is 51.0 Å². The van der Waals surface area contributed by atoms with E-state index in [0.717, 1.165) is 44.4 Å². The summed E-state index contributed by atoms with van der Waals surface area (Å²) in [5.74, 6) is 5.41. The summed E-state index contributed by atoms with van der Waals surface area (Å²) >= 11 is 0.